The van der Waals surface area contributed by atoms with E-state index < -0.39 is 8.07 Å². The van der Waals surface area contributed by atoms with Crippen LogP contribution in [-0.4, -0.2) is 34.0 Å². The van der Waals surface area contributed by atoms with Gasteiger partial charge in [-0.1, -0.05) is 19.6 Å². The van der Waals surface area contributed by atoms with Gasteiger partial charge in [0.2, 0.25) is 0 Å². The van der Waals surface area contributed by atoms with E-state index in [0.29, 0.717) is 6.73 Å². The van der Waals surface area contributed by atoms with Crippen molar-refractivity contribution in [2.24, 2.45) is 0 Å². The van der Waals surface area contributed by atoms with Crippen LogP contribution in [0.4, 0.5) is 0 Å². The second-order valence-electron chi connectivity index (χ2n) is 5.52. The molecule has 2 rings (SSSR count). The molecule has 0 amide bonds. The van der Waals surface area contributed by atoms with Crippen molar-refractivity contribution in [3.05, 3.63) is 31.0 Å². The second-order valence-corrected chi connectivity index (χ2v) is 11.1. The molecule has 0 unspecified atom stereocenters. The van der Waals surface area contributed by atoms with E-state index in [4.69, 9.17) is 4.74 Å². The maximum atomic E-state index is 5.71. The van der Waals surface area contributed by atoms with Gasteiger partial charge in [-0.15, -0.1) is 0 Å². The van der Waals surface area contributed by atoms with Gasteiger partial charge in [0, 0.05) is 27.1 Å². The van der Waals surface area contributed by atoms with Gasteiger partial charge >= 0.3 is 0 Å². The highest BCUT2D eigenvalue weighted by molar-refractivity contribution is 6.76. The molecule has 0 spiro atoms. The molecule has 0 atom stereocenters. The molecule has 18 heavy (non-hydrogen) atoms. The average Bonchev–Trinajstić information content (AvgIpc) is 2.93. The molecule has 5 nitrogen and oxygen atoms in total. The molecule has 0 aliphatic carbocycles. The number of imidazole rings is 1. The summed E-state index contributed by atoms with van der Waals surface area (Å²) in [5.74, 6) is 0.924. The highest BCUT2D eigenvalue weighted by Gasteiger charge is 2.12. The molecule has 0 saturated heterocycles. The van der Waals surface area contributed by atoms with Crippen molar-refractivity contribution in [3.63, 3.8) is 0 Å². The second kappa shape index (κ2) is 5.49. The molecule has 6 heteroatoms. The predicted octanol–water partition coefficient (Wildman–Crippen LogP) is 2.38. The zero-order chi connectivity index (χ0) is 13.0. The topological polar surface area (TPSA) is 44.9 Å². The van der Waals surface area contributed by atoms with Gasteiger partial charge in [0.25, 0.3) is 0 Å². The van der Waals surface area contributed by atoms with E-state index in [-0.39, 0.29) is 0 Å². The summed E-state index contributed by atoms with van der Waals surface area (Å²) in [5.41, 5.74) is 0. The molecule has 0 aliphatic rings. The molecule has 0 aromatic carbocycles. The van der Waals surface area contributed by atoms with Crippen LogP contribution in [0.3, 0.4) is 0 Å². The van der Waals surface area contributed by atoms with Crippen LogP contribution in [0.5, 0.6) is 0 Å². The number of hydrogen-bond donors (Lipinski definition) is 0. The minimum absolute atomic E-state index is 0.527. The summed E-state index contributed by atoms with van der Waals surface area (Å²) in [7, 11) is -1.01. The van der Waals surface area contributed by atoms with Crippen LogP contribution in [0.15, 0.2) is 31.0 Å². The molecule has 0 fully saturated rings. The molecule has 98 valence electrons. The zero-order valence-electron chi connectivity index (χ0n) is 11.2. The van der Waals surface area contributed by atoms with Crippen molar-refractivity contribution < 1.29 is 4.74 Å². The van der Waals surface area contributed by atoms with E-state index in [0.717, 1.165) is 12.4 Å². The van der Waals surface area contributed by atoms with Gasteiger partial charge in [-0.3, -0.25) is 4.57 Å². The van der Waals surface area contributed by atoms with Crippen molar-refractivity contribution in [2.45, 2.75) is 32.4 Å². The van der Waals surface area contributed by atoms with Crippen molar-refractivity contribution in [2.75, 3.05) is 6.61 Å². The van der Waals surface area contributed by atoms with Crippen molar-refractivity contribution in [3.8, 4) is 5.82 Å². The van der Waals surface area contributed by atoms with Gasteiger partial charge in [0.1, 0.15) is 6.73 Å². The fourth-order valence-corrected chi connectivity index (χ4v) is 2.31. The lowest BCUT2D eigenvalue weighted by Gasteiger charge is -2.16. The van der Waals surface area contributed by atoms with Gasteiger partial charge in [-0.05, 0) is 12.1 Å². The molecular formula is C12H20N4OSi. The molecule has 0 radical (unpaired) electrons. The van der Waals surface area contributed by atoms with Crippen LogP contribution >= 0.6 is 0 Å². The lowest BCUT2D eigenvalue weighted by molar-refractivity contribution is 0.0867. The Balaban J connectivity index is 1.89. The number of rotatable bonds is 6. The Morgan fingerprint density at radius 2 is 2.17 bits per heavy atom. The summed E-state index contributed by atoms with van der Waals surface area (Å²) in [6.07, 6.45) is 7.21. The van der Waals surface area contributed by atoms with Gasteiger partial charge in [-0.2, -0.15) is 5.10 Å². The fourth-order valence-electron chi connectivity index (χ4n) is 1.55. The van der Waals surface area contributed by atoms with E-state index in [2.05, 4.69) is 29.7 Å². The molecule has 0 saturated carbocycles. The Hall–Kier alpha value is -1.40. The normalized spacial score (nSPS) is 11.9. The Kier molecular flexibility index (Phi) is 3.98. The number of hydrogen-bond acceptors (Lipinski definition) is 3. The number of ether oxygens (including phenoxy) is 1. The van der Waals surface area contributed by atoms with Gasteiger partial charge in [0.15, 0.2) is 5.82 Å². The highest BCUT2D eigenvalue weighted by atomic mass is 28.3. The summed E-state index contributed by atoms with van der Waals surface area (Å²) in [6, 6.07) is 3.07. The SMILES string of the molecule is C[Si](C)(C)CCOCn1cncc1-n1cccn1. The van der Waals surface area contributed by atoms with Crippen LogP contribution < -0.4 is 0 Å². The Labute approximate surface area is 108 Å². The first kappa shape index (κ1) is 13.0. The monoisotopic (exact) mass is 264 g/mol. The maximum absolute atomic E-state index is 5.71. The first-order valence-electron chi connectivity index (χ1n) is 6.14. The summed E-state index contributed by atoms with van der Waals surface area (Å²) in [5, 5.41) is 4.19. The number of nitrogens with zero attached hydrogens (tertiary/aromatic N) is 4. The smallest absolute Gasteiger partial charge is 0.155 e. The molecule has 0 N–H and O–H groups in total. The van der Waals surface area contributed by atoms with Crippen LogP contribution in [0, 0.1) is 0 Å². The summed E-state index contributed by atoms with van der Waals surface area (Å²) < 4.78 is 9.45. The quantitative estimate of drug-likeness (QED) is 0.594. The van der Waals surface area contributed by atoms with Crippen LogP contribution in [0.1, 0.15) is 0 Å². The van der Waals surface area contributed by atoms with Crippen LogP contribution in [-0.2, 0) is 11.5 Å². The Morgan fingerprint density at radius 1 is 1.33 bits per heavy atom. The summed E-state index contributed by atoms with van der Waals surface area (Å²) in [4.78, 5) is 4.14. The van der Waals surface area contributed by atoms with E-state index in [1.165, 1.54) is 6.04 Å². The van der Waals surface area contributed by atoms with Crippen molar-refractivity contribution in [1.29, 1.82) is 0 Å². The van der Waals surface area contributed by atoms with E-state index in [9.17, 15) is 0 Å². The fraction of sp³-hybridized carbons (Fsp3) is 0.500. The van der Waals surface area contributed by atoms with Gasteiger partial charge < -0.3 is 4.74 Å². The number of aromatic nitrogens is 4. The average molecular weight is 264 g/mol. The zero-order valence-corrected chi connectivity index (χ0v) is 12.2. The maximum Gasteiger partial charge on any atom is 0.155 e. The third-order valence-electron chi connectivity index (χ3n) is 2.66. The largest absolute Gasteiger partial charge is 0.361 e. The van der Waals surface area contributed by atoms with Crippen LogP contribution in [0.2, 0.25) is 25.7 Å². The van der Waals surface area contributed by atoms with E-state index in [1.54, 1.807) is 23.4 Å². The first-order valence-corrected chi connectivity index (χ1v) is 9.85. The van der Waals surface area contributed by atoms with Crippen molar-refractivity contribution in [1.82, 2.24) is 19.3 Å². The lowest BCUT2D eigenvalue weighted by Crippen LogP contribution is -2.22. The third kappa shape index (κ3) is 3.54. The van der Waals surface area contributed by atoms with Crippen LogP contribution in [0.25, 0.3) is 5.82 Å². The molecule has 2 aromatic heterocycles. The Morgan fingerprint density at radius 3 is 2.83 bits per heavy atom. The first-order chi connectivity index (χ1) is 8.56. The molecule has 2 aromatic rings. The minimum Gasteiger partial charge on any atom is -0.361 e. The van der Waals surface area contributed by atoms with Crippen molar-refractivity contribution >= 4 is 8.07 Å². The minimum atomic E-state index is -1.01. The van der Waals surface area contributed by atoms with E-state index in [1.807, 2.05) is 16.8 Å². The van der Waals surface area contributed by atoms with Gasteiger partial charge in [0.05, 0.1) is 12.5 Å². The Bertz CT molecular complexity index is 472. The highest BCUT2D eigenvalue weighted by Crippen LogP contribution is 2.09. The van der Waals surface area contributed by atoms with Gasteiger partial charge in [-0.25, -0.2) is 9.67 Å². The summed E-state index contributed by atoms with van der Waals surface area (Å²) >= 11 is 0. The standard InChI is InChI=1S/C12H20N4OSi/c1-18(2,3)8-7-17-11-15-10-13-9-12(15)16-6-4-5-14-16/h4-6,9-10H,7-8,11H2,1-3H3. The third-order valence-corrected chi connectivity index (χ3v) is 4.36. The molecule has 0 bridgehead atoms. The molecule has 2 heterocycles. The predicted molar refractivity (Wildman–Crippen MR) is 73.5 cm³/mol. The van der Waals surface area contributed by atoms with E-state index >= 15 is 0 Å². The molecular weight excluding hydrogens is 244 g/mol. The summed E-state index contributed by atoms with van der Waals surface area (Å²) in [6.45, 7) is 8.39. The lowest BCUT2D eigenvalue weighted by atomic mass is 10.7. The molecule has 0 aliphatic heterocycles.